The number of para-hydroxylation sites is 1. The lowest BCUT2D eigenvalue weighted by Crippen LogP contribution is -2.28. The number of aromatic amines is 1. The van der Waals surface area contributed by atoms with Gasteiger partial charge in [-0.2, -0.15) is 0 Å². The van der Waals surface area contributed by atoms with E-state index < -0.39 is 0 Å². The van der Waals surface area contributed by atoms with Crippen molar-refractivity contribution in [3.8, 4) is 0 Å². The van der Waals surface area contributed by atoms with Gasteiger partial charge in [-0.15, -0.1) is 0 Å². The molecule has 1 aromatic carbocycles. The Balaban J connectivity index is 1.58. The molecule has 7 heteroatoms. The van der Waals surface area contributed by atoms with Crippen LogP contribution in [0.1, 0.15) is 55.2 Å². The number of H-pyrrole nitrogens is 1. The summed E-state index contributed by atoms with van der Waals surface area (Å²) in [6, 6.07) is 9.94. The molecule has 4 aromatic rings. The standard InChI is InChI=1S/C24H27N5O2/c1-15(2)9-12-26-23(30)22-17-5-3-4-6-18(17)27-19(22)14-28-21-13-25-11-10-20(21)29(24(28)31)16-7-8-16/h3-6,10-11,13,15-16,27H,7-9,12,14H2,1-2H3,(H,26,30). The molecule has 1 aliphatic rings. The summed E-state index contributed by atoms with van der Waals surface area (Å²) >= 11 is 0. The van der Waals surface area contributed by atoms with E-state index in [4.69, 9.17) is 0 Å². The van der Waals surface area contributed by atoms with E-state index in [1.807, 2.05) is 34.9 Å². The van der Waals surface area contributed by atoms with E-state index in [1.165, 1.54) is 0 Å². The highest BCUT2D eigenvalue weighted by atomic mass is 16.2. The first kappa shape index (κ1) is 19.6. The van der Waals surface area contributed by atoms with E-state index in [2.05, 4.69) is 29.1 Å². The molecule has 7 nitrogen and oxygen atoms in total. The first-order valence-electron chi connectivity index (χ1n) is 11.0. The second-order valence-electron chi connectivity index (χ2n) is 8.80. The van der Waals surface area contributed by atoms with Gasteiger partial charge in [0.05, 0.1) is 29.3 Å². The predicted octanol–water partition coefficient (Wildman–Crippen LogP) is 3.84. The number of nitrogens with zero attached hydrogens (tertiary/aromatic N) is 3. The largest absolute Gasteiger partial charge is 0.356 e. The topological polar surface area (TPSA) is 84.7 Å². The minimum atomic E-state index is -0.106. The van der Waals surface area contributed by atoms with Gasteiger partial charge in [0.1, 0.15) is 0 Å². The Morgan fingerprint density at radius 1 is 1.23 bits per heavy atom. The van der Waals surface area contributed by atoms with Crippen LogP contribution in [0.15, 0.2) is 47.5 Å². The van der Waals surface area contributed by atoms with Crippen molar-refractivity contribution in [1.29, 1.82) is 0 Å². The van der Waals surface area contributed by atoms with E-state index >= 15 is 0 Å². The van der Waals surface area contributed by atoms with Gasteiger partial charge in [0.15, 0.2) is 0 Å². The van der Waals surface area contributed by atoms with Gasteiger partial charge in [0, 0.05) is 35.4 Å². The molecule has 2 N–H and O–H groups in total. The summed E-state index contributed by atoms with van der Waals surface area (Å²) in [5, 5.41) is 3.93. The molecule has 0 bridgehead atoms. The molecule has 5 rings (SSSR count). The van der Waals surface area contributed by atoms with Crippen molar-refractivity contribution in [2.45, 2.75) is 45.7 Å². The van der Waals surface area contributed by atoms with E-state index in [1.54, 1.807) is 17.0 Å². The monoisotopic (exact) mass is 417 g/mol. The van der Waals surface area contributed by atoms with Crippen molar-refractivity contribution < 1.29 is 4.79 Å². The van der Waals surface area contributed by atoms with Crippen LogP contribution in [0.4, 0.5) is 0 Å². The normalized spacial score (nSPS) is 14.0. The van der Waals surface area contributed by atoms with Crippen LogP contribution in [-0.4, -0.2) is 31.6 Å². The lowest BCUT2D eigenvalue weighted by Gasteiger charge is -2.09. The molecule has 1 aliphatic carbocycles. The molecule has 0 aliphatic heterocycles. The van der Waals surface area contributed by atoms with E-state index in [-0.39, 0.29) is 17.6 Å². The van der Waals surface area contributed by atoms with Crippen molar-refractivity contribution >= 4 is 27.8 Å². The van der Waals surface area contributed by atoms with Crippen molar-refractivity contribution in [1.82, 2.24) is 24.4 Å². The van der Waals surface area contributed by atoms with Crippen LogP contribution < -0.4 is 11.0 Å². The minimum absolute atomic E-state index is 0.0460. The van der Waals surface area contributed by atoms with Gasteiger partial charge >= 0.3 is 5.69 Å². The fourth-order valence-corrected chi connectivity index (χ4v) is 4.26. The van der Waals surface area contributed by atoms with Crippen LogP contribution in [0.2, 0.25) is 0 Å². The fourth-order valence-electron chi connectivity index (χ4n) is 4.26. The number of amides is 1. The molecule has 0 atom stereocenters. The molecule has 1 fully saturated rings. The molecule has 3 heterocycles. The highest BCUT2D eigenvalue weighted by molar-refractivity contribution is 6.08. The maximum atomic E-state index is 13.3. The third kappa shape index (κ3) is 3.54. The zero-order chi connectivity index (χ0) is 21.5. The molecule has 1 amide bonds. The van der Waals surface area contributed by atoms with Gasteiger partial charge in [0.2, 0.25) is 0 Å². The lowest BCUT2D eigenvalue weighted by atomic mass is 10.1. The van der Waals surface area contributed by atoms with Gasteiger partial charge < -0.3 is 10.3 Å². The molecule has 31 heavy (non-hydrogen) atoms. The second kappa shape index (κ2) is 7.72. The van der Waals surface area contributed by atoms with Gasteiger partial charge in [-0.25, -0.2) is 4.79 Å². The first-order valence-corrected chi connectivity index (χ1v) is 11.0. The molecule has 0 radical (unpaired) electrons. The first-order chi connectivity index (χ1) is 15.0. The van der Waals surface area contributed by atoms with Crippen LogP contribution in [0.25, 0.3) is 21.9 Å². The molecule has 160 valence electrons. The van der Waals surface area contributed by atoms with Crippen LogP contribution in [0.5, 0.6) is 0 Å². The molecular formula is C24H27N5O2. The number of fused-ring (bicyclic) bond motifs is 2. The average Bonchev–Trinajstić information content (AvgIpc) is 3.45. The van der Waals surface area contributed by atoms with Crippen molar-refractivity contribution in [3.05, 3.63) is 64.5 Å². The van der Waals surface area contributed by atoms with Crippen molar-refractivity contribution in [2.75, 3.05) is 6.54 Å². The summed E-state index contributed by atoms with van der Waals surface area (Å²) < 4.78 is 3.61. The lowest BCUT2D eigenvalue weighted by molar-refractivity contribution is 0.0952. The summed E-state index contributed by atoms with van der Waals surface area (Å²) in [6.45, 7) is 5.20. The Labute approximate surface area is 180 Å². The number of benzene rings is 1. The summed E-state index contributed by atoms with van der Waals surface area (Å²) in [5.41, 5.74) is 3.90. The quantitative estimate of drug-likeness (QED) is 0.479. The molecule has 1 saturated carbocycles. The molecular weight excluding hydrogens is 390 g/mol. The number of pyridine rings is 1. The SMILES string of the molecule is CC(C)CCNC(=O)c1c(Cn2c(=O)n(C3CC3)c3ccncc32)[nH]c2ccccc12. The third-order valence-corrected chi connectivity index (χ3v) is 6.01. The van der Waals surface area contributed by atoms with Gasteiger partial charge in [0.25, 0.3) is 5.91 Å². The van der Waals surface area contributed by atoms with Crippen LogP contribution >= 0.6 is 0 Å². The Morgan fingerprint density at radius 3 is 2.81 bits per heavy atom. The maximum Gasteiger partial charge on any atom is 0.329 e. The van der Waals surface area contributed by atoms with Crippen LogP contribution in [-0.2, 0) is 6.54 Å². The Kier molecular flexibility index (Phi) is 4.88. The number of aromatic nitrogens is 4. The highest BCUT2D eigenvalue weighted by Gasteiger charge is 2.29. The van der Waals surface area contributed by atoms with E-state index in [9.17, 15) is 9.59 Å². The second-order valence-corrected chi connectivity index (χ2v) is 8.80. The van der Waals surface area contributed by atoms with Crippen molar-refractivity contribution in [2.24, 2.45) is 5.92 Å². The average molecular weight is 418 g/mol. The number of imidazole rings is 1. The fraction of sp³-hybridized carbons (Fsp3) is 0.375. The number of rotatable bonds is 7. The van der Waals surface area contributed by atoms with Gasteiger partial charge in [-0.3, -0.25) is 18.9 Å². The zero-order valence-corrected chi connectivity index (χ0v) is 17.9. The number of nitrogens with one attached hydrogen (secondary N) is 2. The Morgan fingerprint density at radius 2 is 2.03 bits per heavy atom. The number of hydrogen-bond donors (Lipinski definition) is 2. The minimum Gasteiger partial charge on any atom is -0.356 e. The molecule has 3 aromatic heterocycles. The van der Waals surface area contributed by atoms with Crippen molar-refractivity contribution in [3.63, 3.8) is 0 Å². The number of carbonyl (C=O) groups excluding carboxylic acids is 1. The van der Waals surface area contributed by atoms with Crippen LogP contribution in [0, 0.1) is 5.92 Å². The maximum absolute atomic E-state index is 13.3. The summed E-state index contributed by atoms with van der Waals surface area (Å²) in [6.07, 6.45) is 6.43. The highest BCUT2D eigenvalue weighted by Crippen LogP contribution is 2.36. The molecule has 0 spiro atoms. The number of hydrogen-bond acceptors (Lipinski definition) is 3. The Hall–Kier alpha value is -3.35. The van der Waals surface area contributed by atoms with E-state index in [0.29, 0.717) is 24.6 Å². The summed E-state index contributed by atoms with van der Waals surface area (Å²) in [5.74, 6) is 0.410. The zero-order valence-electron chi connectivity index (χ0n) is 17.9. The van der Waals surface area contributed by atoms with Crippen LogP contribution in [0.3, 0.4) is 0 Å². The smallest absolute Gasteiger partial charge is 0.329 e. The van der Waals surface area contributed by atoms with E-state index in [0.717, 1.165) is 46.9 Å². The van der Waals surface area contributed by atoms with Gasteiger partial charge in [-0.1, -0.05) is 32.0 Å². The van der Waals surface area contributed by atoms with Gasteiger partial charge in [-0.05, 0) is 37.3 Å². The third-order valence-electron chi connectivity index (χ3n) is 6.01. The predicted molar refractivity (Wildman–Crippen MR) is 121 cm³/mol. The molecule has 0 saturated heterocycles. The summed E-state index contributed by atoms with van der Waals surface area (Å²) in [7, 11) is 0. The molecule has 0 unspecified atom stereocenters. The number of carbonyl (C=O) groups is 1. The summed E-state index contributed by atoms with van der Waals surface area (Å²) in [4.78, 5) is 34.1. The Bertz CT molecular complexity index is 1320.